The lowest BCUT2D eigenvalue weighted by Crippen LogP contribution is -2.32. The molecule has 1 rings (SSSR count). The molecule has 0 aromatic carbocycles. The SMILES string of the molecule is CCCCN(C)C[C@@H](CC(=O)OC(C)(C)C)CC1CCCCC1. The Labute approximate surface area is 144 Å². The first kappa shape index (κ1) is 20.5. The van der Waals surface area contributed by atoms with Crippen LogP contribution in [0.25, 0.3) is 0 Å². The van der Waals surface area contributed by atoms with Crippen LogP contribution in [0.1, 0.15) is 85.5 Å². The molecule has 1 fully saturated rings. The number of ether oxygens (including phenoxy) is 1. The van der Waals surface area contributed by atoms with E-state index in [1.54, 1.807) is 0 Å². The van der Waals surface area contributed by atoms with Gasteiger partial charge in [-0.1, -0.05) is 45.4 Å². The van der Waals surface area contributed by atoms with E-state index in [1.165, 1.54) is 51.4 Å². The summed E-state index contributed by atoms with van der Waals surface area (Å²) in [6.07, 6.45) is 11.1. The third kappa shape index (κ3) is 10.0. The van der Waals surface area contributed by atoms with Gasteiger partial charge < -0.3 is 9.64 Å². The second kappa shape index (κ2) is 10.3. The maximum atomic E-state index is 12.3. The molecule has 0 aliphatic heterocycles. The van der Waals surface area contributed by atoms with Gasteiger partial charge in [0.15, 0.2) is 0 Å². The zero-order chi connectivity index (χ0) is 17.3. The van der Waals surface area contributed by atoms with Crippen LogP contribution < -0.4 is 0 Å². The highest BCUT2D eigenvalue weighted by Crippen LogP contribution is 2.31. The van der Waals surface area contributed by atoms with Gasteiger partial charge in [-0.3, -0.25) is 4.79 Å². The molecular weight excluding hydrogens is 286 g/mol. The fourth-order valence-electron chi connectivity index (χ4n) is 3.70. The number of carbonyl (C=O) groups excluding carboxylic acids is 1. The molecule has 23 heavy (non-hydrogen) atoms. The Morgan fingerprint density at radius 2 is 1.87 bits per heavy atom. The number of unbranched alkanes of at least 4 members (excludes halogenated alkanes) is 1. The van der Waals surface area contributed by atoms with Crippen molar-refractivity contribution in [2.75, 3.05) is 20.1 Å². The summed E-state index contributed by atoms with van der Waals surface area (Å²) in [6.45, 7) is 10.2. The van der Waals surface area contributed by atoms with E-state index in [0.717, 1.165) is 19.0 Å². The Kier molecular flexibility index (Phi) is 9.19. The summed E-state index contributed by atoms with van der Waals surface area (Å²) in [5, 5.41) is 0. The number of hydrogen-bond donors (Lipinski definition) is 0. The van der Waals surface area contributed by atoms with Crippen LogP contribution in [0.2, 0.25) is 0 Å². The highest BCUT2D eigenvalue weighted by Gasteiger charge is 2.25. The van der Waals surface area contributed by atoms with Crippen molar-refractivity contribution in [3.05, 3.63) is 0 Å². The summed E-state index contributed by atoms with van der Waals surface area (Å²) >= 11 is 0. The summed E-state index contributed by atoms with van der Waals surface area (Å²) in [6, 6.07) is 0. The molecule has 1 saturated carbocycles. The van der Waals surface area contributed by atoms with E-state index in [1.807, 2.05) is 20.8 Å². The van der Waals surface area contributed by atoms with Gasteiger partial charge in [-0.2, -0.15) is 0 Å². The lowest BCUT2D eigenvalue weighted by atomic mass is 9.81. The average Bonchev–Trinajstić information content (AvgIpc) is 2.44. The molecule has 0 N–H and O–H groups in total. The Morgan fingerprint density at radius 1 is 1.22 bits per heavy atom. The van der Waals surface area contributed by atoms with Crippen molar-refractivity contribution in [2.45, 2.75) is 91.1 Å². The van der Waals surface area contributed by atoms with E-state index in [4.69, 9.17) is 4.74 Å². The average molecular weight is 326 g/mol. The fraction of sp³-hybridized carbons (Fsp3) is 0.950. The maximum Gasteiger partial charge on any atom is 0.306 e. The van der Waals surface area contributed by atoms with Crippen LogP contribution in [0.15, 0.2) is 0 Å². The van der Waals surface area contributed by atoms with Gasteiger partial charge in [0.1, 0.15) is 5.60 Å². The Balaban J connectivity index is 2.53. The highest BCUT2D eigenvalue weighted by atomic mass is 16.6. The minimum Gasteiger partial charge on any atom is -0.460 e. The quantitative estimate of drug-likeness (QED) is 0.556. The monoisotopic (exact) mass is 325 g/mol. The lowest BCUT2D eigenvalue weighted by molar-refractivity contribution is -0.156. The van der Waals surface area contributed by atoms with Gasteiger partial charge in [0.05, 0.1) is 0 Å². The first-order valence-corrected chi connectivity index (χ1v) is 9.70. The molecule has 1 atom stereocenters. The third-order valence-electron chi connectivity index (χ3n) is 4.73. The molecule has 0 bridgehead atoms. The highest BCUT2D eigenvalue weighted by molar-refractivity contribution is 5.70. The molecule has 0 spiro atoms. The number of esters is 1. The van der Waals surface area contributed by atoms with Gasteiger partial charge in [0.25, 0.3) is 0 Å². The molecule has 3 nitrogen and oxygen atoms in total. The molecule has 0 aromatic heterocycles. The molecule has 0 radical (unpaired) electrons. The molecule has 0 saturated heterocycles. The molecule has 0 unspecified atom stereocenters. The van der Waals surface area contributed by atoms with Crippen molar-refractivity contribution in [2.24, 2.45) is 11.8 Å². The molecule has 0 heterocycles. The summed E-state index contributed by atoms with van der Waals surface area (Å²) < 4.78 is 5.56. The molecule has 136 valence electrons. The van der Waals surface area contributed by atoms with Gasteiger partial charge in [-0.15, -0.1) is 0 Å². The van der Waals surface area contributed by atoms with Crippen molar-refractivity contribution in [3.63, 3.8) is 0 Å². The van der Waals surface area contributed by atoms with Crippen LogP contribution in [-0.2, 0) is 9.53 Å². The van der Waals surface area contributed by atoms with Gasteiger partial charge in [0, 0.05) is 13.0 Å². The first-order chi connectivity index (χ1) is 10.8. The number of rotatable bonds is 9. The van der Waals surface area contributed by atoms with Crippen molar-refractivity contribution in [1.29, 1.82) is 0 Å². The summed E-state index contributed by atoms with van der Waals surface area (Å²) in [5.74, 6) is 1.23. The van der Waals surface area contributed by atoms with Crippen LogP contribution in [-0.4, -0.2) is 36.6 Å². The van der Waals surface area contributed by atoms with Crippen LogP contribution in [0.5, 0.6) is 0 Å². The van der Waals surface area contributed by atoms with Crippen molar-refractivity contribution in [1.82, 2.24) is 4.90 Å². The van der Waals surface area contributed by atoms with Gasteiger partial charge in [-0.05, 0) is 59.0 Å². The Morgan fingerprint density at radius 3 is 2.43 bits per heavy atom. The topological polar surface area (TPSA) is 29.5 Å². The van der Waals surface area contributed by atoms with E-state index >= 15 is 0 Å². The smallest absolute Gasteiger partial charge is 0.306 e. The summed E-state index contributed by atoms with van der Waals surface area (Å²) in [4.78, 5) is 14.7. The molecule has 0 amide bonds. The molecule has 1 aliphatic carbocycles. The van der Waals surface area contributed by atoms with E-state index in [2.05, 4.69) is 18.9 Å². The van der Waals surface area contributed by atoms with E-state index in [-0.39, 0.29) is 11.6 Å². The second-order valence-electron chi connectivity index (χ2n) is 8.51. The molecular formula is C20H39NO2. The predicted molar refractivity (Wildman–Crippen MR) is 97.5 cm³/mol. The normalized spacial score (nSPS) is 18.2. The Bertz CT molecular complexity index is 329. The molecule has 0 aromatic rings. The Hall–Kier alpha value is -0.570. The third-order valence-corrected chi connectivity index (χ3v) is 4.73. The number of nitrogens with zero attached hydrogens (tertiary/aromatic N) is 1. The van der Waals surface area contributed by atoms with Crippen molar-refractivity contribution < 1.29 is 9.53 Å². The standard InChI is InChI=1S/C20H39NO2/c1-6-7-13-21(5)16-18(14-17-11-9-8-10-12-17)15-19(22)23-20(2,3)4/h17-18H,6-16H2,1-5H3/t18-/m1/s1. The van der Waals surface area contributed by atoms with Crippen LogP contribution in [0, 0.1) is 11.8 Å². The first-order valence-electron chi connectivity index (χ1n) is 9.70. The second-order valence-corrected chi connectivity index (χ2v) is 8.51. The van der Waals surface area contributed by atoms with Gasteiger partial charge in [0.2, 0.25) is 0 Å². The summed E-state index contributed by atoms with van der Waals surface area (Å²) in [7, 11) is 2.19. The minimum absolute atomic E-state index is 0.0257. The van der Waals surface area contributed by atoms with Crippen molar-refractivity contribution >= 4 is 5.97 Å². The molecule has 1 aliphatic rings. The van der Waals surface area contributed by atoms with Crippen LogP contribution in [0.4, 0.5) is 0 Å². The largest absolute Gasteiger partial charge is 0.460 e. The fourth-order valence-corrected chi connectivity index (χ4v) is 3.70. The van der Waals surface area contributed by atoms with Crippen LogP contribution in [0.3, 0.4) is 0 Å². The predicted octanol–water partition coefficient (Wildman–Crippen LogP) is 5.04. The van der Waals surface area contributed by atoms with Gasteiger partial charge in [-0.25, -0.2) is 0 Å². The zero-order valence-electron chi connectivity index (χ0n) is 16.2. The summed E-state index contributed by atoms with van der Waals surface area (Å²) in [5.41, 5.74) is -0.374. The lowest BCUT2D eigenvalue weighted by Gasteiger charge is -2.30. The number of carbonyl (C=O) groups is 1. The molecule has 3 heteroatoms. The van der Waals surface area contributed by atoms with Crippen LogP contribution >= 0.6 is 0 Å². The van der Waals surface area contributed by atoms with E-state index in [0.29, 0.717) is 12.3 Å². The zero-order valence-corrected chi connectivity index (χ0v) is 16.2. The minimum atomic E-state index is -0.374. The number of hydrogen-bond acceptors (Lipinski definition) is 3. The van der Waals surface area contributed by atoms with E-state index in [9.17, 15) is 4.79 Å². The van der Waals surface area contributed by atoms with Gasteiger partial charge >= 0.3 is 5.97 Å². The van der Waals surface area contributed by atoms with E-state index < -0.39 is 0 Å². The maximum absolute atomic E-state index is 12.3. The van der Waals surface area contributed by atoms with Crippen molar-refractivity contribution in [3.8, 4) is 0 Å².